The Morgan fingerprint density at radius 1 is 1.27 bits per heavy atom. The second-order valence-electron chi connectivity index (χ2n) is 4.92. The molecule has 0 saturated heterocycles. The van der Waals surface area contributed by atoms with Gasteiger partial charge in [-0.2, -0.15) is 0 Å². The lowest BCUT2D eigenvalue weighted by atomic mass is 10.2. The van der Waals surface area contributed by atoms with Gasteiger partial charge in [0.2, 0.25) is 0 Å². The van der Waals surface area contributed by atoms with Crippen molar-refractivity contribution in [2.45, 2.75) is 13.8 Å². The van der Waals surface area contributed by atoms with E-state index in [0.717, 1.165) is 22.3 Å². The zero-order valence-corrected chi connectivity index (χ0v) is 14.4. The molecule has 0 unspecified atom stereocenters. The summed E-state index contributed by atoms with van der Waals surface area (Å²) in [5.74, 6) is 0.420. The lowest BCUT2D eigenvalue weighted by Crippen LogP contribution is -2.14. The van der Waals surface area contributed by atoms with Crippen LogP contribution >= 0.6 is 15.9 Å². The molecule has 2 aromatic carbocycles. The van der Waals surface area contributed by atoms with Crippen molar-refractivity contribution >= 4 is 28.0 Å². The van der Waals surface area contributed by atoms with E-state index < -0.39 is 0 Å². The highest BCUT2D eigenvalue weighted by atomic mass is 79.9. The molecule has 0 amide bonds. The molecule has 0 N–H and O–H groups in total. The van der Waals surface area contributed by atoms with E-state index in [-0.39, 0.29) is 11.6 Å². The summed E-state index contributed by atoms with van der Waals surface area (Å²) in [6, 6.07) is 10.1. The zero-order valence-electron chi connectivity index (χ0n) is 12.8. The second kappa shape index (κ2) is 7.40. The Labute approximate surface area is 138 Å². The maximum absolute atomic E-state index is 13.7. The lowest BCUT2D eigenvalue weighted by molar-refractivity contribution is 0.439. The van der Waals surface area contributed by atoms with E-state index in [1.54, 1.807) is 30.6 Å². The van der Waals surface area contributed by atoms with Gasteiger partial charge < -0.3 is 9.64 Å². The SMILES string of the molecule is CCN(C)/C=N\c1cc(C)c(Oc2ccccc2F)cc1Br. The number of rotatable bonds is 5. The molecule has 2 aromatic rings. The first kappa shape index (κ1) is 16.5. The Bertz CT molecular complexity index is 688. The zero-order chi connectivity index (χ0) is 16.1. The van der Waals surface area contributed by atoms with Crippen molar-refractivity contribution in [3.63, 3.8) is 0 Å². The normalized spacial score (nSPS) is 11.0. The van der Waals surface area contributed by atoms with Gasteiger partial charge >= 0.3 is 0 Å². The molecule has 0 bridgehead atoms. The smallest absolute Gasteiger partial charge is 0.165 e. The van der Waals surface area contributed by atoms with Crippen molar-refractivity contribution < 1.29 is 9.13 Å². The van der Waals surface area contributed by atoms with Crippen molar-refractivity contribution in [2.24, 2.45) is 4.99 Å². The fraction of sp³-hybridized carbons (Fsp3) is 0.235. The summed E-state index contributed by atoms with van der Waals surface area (Å²) in [5.41, 5.74) is 1.69. The lowest BCUT2D eigenvalue weighted by Gasteiger charge is -2.12. The third-order valence-electron chi connectivity index (χ3n) is 3.19. The van der Waals surface area contributed by atoms with Crippen LogP contribution in [0, 0.1) is 12.7 Å². The molecule has 22 heavy (non-hydrogen) atoms. The minimum Gasteiger partial charge on any atom is -0.454 e. The van der Waals surface area contributed by atoms with E-state index >= 15 is 0 Å². The Morgan fingerprint density at radius 3 is 2.68 bits per heavy atom. The van der Waals surface area contributed by atoms with Gasteiger partial charge in [-0.3, -0.25) is 0 Å². The molecule has 0 fully saturated rings. The molecule has 0 spiro atoms. The van der Waals surface area contributed by atoms with E-state index in [4.69, 9.17) is 4.74 Å². The van der Waals surface area contributed by atoms with Gasteiger partial charge in [0.25, 0.3) is 0 Å². The van der Waals surface area contributed by atoms with E-state index in [9.17, 15) is 4.39 Å². The van der Waals surface area contributed by atoms with Crippen LogP contribution in [0.5, 0.6) is 11.5 Å². The van der Waals surface area contributed by atoms with Gasteiger partial charge in [-0.25, -0.2) is 9.38 Å². The van der Waals surface area contributed by atoms with Crippen LogP contribution in [-0.2, 0) is 0 Å². The van der Waals surface area contributed by atoms with E-state index in [1.165, 1.54) is 6.07 Å². The van der Waals surface area contributed by atoms with Crippen LogP contribution in [0.4, 0.5) is 10.1 Å². The molecular weight excluding hydrogens is 347 g/mol. The summed E-state index contributed by atoms with van der Waals surface area (Å²) in [5, 5.41) is 0. The molecular formula is C17H18BrFN2O. The van der Waals surface area contributed by atoms with Crippen LogP contribution in [0.15, 0.2) is 45.9 Å². The highest BCUT2D eigenvalue weighted by Gasteiger charge is 2.09. The predicted octanol–water partition coefficient (Wildman–Crippen LogP) is 5.30. The summed E-state index contributed by atoms with van der Waals surface area (Å²) in [7, 11) is 1.96. The number of aryl methyl sites for hydroxylation is 1. The quantitative estimate of drug-likeness (QED) is 0.531. The van der Waals surface area contributed by atoms with Gasteiger partial charge in [-0.15, -0.1) is 0 Å². The molecule has 0 aliphatic carbocycles. The Hall–Kier alpha value is -1.88. The van der Waals surface area contributed by atoms with E-state index in [2.05, 4.69) is 27.8 Å². The summed E-state index contributed by atoms with van der Waals surface area (Å²) in [6.07, 6.45) is 1.77. The third kappa shape index (κ3) is 4.07. The third-order valence-corrected chi connectivity index (χ3v) is 3.83. The number of halogens is 2. The number of ether oxygens (including phenoxy) is 1. The maximum atomic E-state index is 13.7. The molecule has 0 aromatic heterocycles. The minimum atomic E-state index is -0.385. The molecule has 0 radical (unpaired) electrons. The Kier molecular flexibility index (Phi) is 5.55. The van der Waals surface area contributed by atoms with Crippen LogP contribution in [0.1, 0.15) is 12.5 Å². The van der Waals surface area contributed by atoms with Gasteiger partial charge in [0, 0.05) is 18.1 Å². The van der Waals surface area contributed by atoms with E-state index in [0.29, 0.717) is 5.75 Å². The molecule has 3 nitrogen and oxygen atoms in total. The fourth-order valence-electron chi connectivity index (χ4n) is 1.75. The molecule has 0 aliphatic heterocycles. The van der Waals surface area contributed by atoms with Gasteiger partial charge in [0.15, 0.2) is 11.6 Å². The average Bonchev–Trinajstić information content (AvgIpc) is 2.51. The summed E-state index contributed by atoms with van der Waals surface area (Å²) < 4.78 is 20.1. The van der Waals surface area contributed by atoms with Gasteiger partial charge in [-0.05, 0) is 59.6 Å². The molecule has 116 valence electrons. The topological polar surface area (TPSA) is 24.8 Å². The van der Waals surface area contributed by atoms with Crippen molar-refractivity contribution in [3.8, 4) is 11.5 Å². The molecule has 2 rings (SSSR count). The largest absolute Gasteiger partial charge is 0.454 e. The number of para-hydroxylation sites is 1. The number of hydrogen-bond donors (Lipinski definition) is 0. The number of aliphatic imine (C=N–C) groups is 1. The first-order chi connectivity index (χ1) is 10.5. The highest BCUT2D eigenvalue weighted by Crippen LogP contribution is 2.35. The summed E-state index contributed by atoms with van der Waals surface area (Å²) >= 11 is 3.48. The number of hydrogen-bond acceptors (Lipinski definition) is 2. The van der Waals surface area contributed by atoms with Crippen molar-refractivity contribution in [2.75, 3.05) is 13.6 Å². The second-order valence-corrected chi connectivity index (χ2v) is 5.77. The molecule has 0 atom stereocenters. The van der Waals surface area contributed by atoms with Crippen molar-refractivity contribution in [3.05, 3.63) is 52.3 Å². The van der Waals surface area contributed by atoms with Crippen LogP contribution in [0.25, 0.3) is 0 Å². The molecule has 0 saturated carbocycles. The molecule has 5 heteroatoms. The summed E-state index contributed by atoms with van der Waals surface area (Å²) in [4.78, 5) is 6.41. The van der Waals surface area contributed by atoms with Crippen LogP contribution in [-0.4, -0.2) is 24.8 Å². The summed E-state index contributed by atoms with van der Waals surface area (Å²) in [6.45, 7) is 4.84. The van der Waals surface area contributed by atoms with E-state index in [1.807, 2.05) is 24.9 Å². The van der Waals surface area contributed by atoms with Gasteiger partial charge in [-0.1, -0.05) is 12.1 Å². The Morgan fingerprint density at radius 2 is 2.00 bits per heavy atom. The van der Waals surface area contributed by atoms with Crippen LogP contribution in [0.3, 0.4) is 0 Å². The fourth-order valence-corrected chi connectivity index (χ4v) is 2.17. The predicted molar refractivity (Wildman–Crippen MR) is 91.8 cm³/mol. The highest BCUT2D eigenvalue weighted by molar-refractivity contribution is 9.10. The number of nitrogens with zero attached hydrogens (tertiary/aromatic N) is 2. The Balaban J connectivity index is 2.27. The van der Waals surface area contributed by atoms with Crippen molar-refractivity contribution in [1.29, 1.82) is 0 Å². The van der Waals surface area contributed by atoms with Crippen molar-refractivity contribution in [1.82, 2.24) is 4.90 Å². The van der Waals surface area contributed by atoms with Crippen LogP contribution < -0.4 is 4.74 Å². The first-order valence-corrected chi connectivity index (χ1v) is 7.77. The number of benzene rings is 2. The average molecular weight is 365 g/mol. The van der Waals surface area contributed by atoms with Gasteiger partial charge in [0.1, 0.15) is 5.75 Å². The van der Waals surface area contributed by atoms with Crippen LogP contribution in [0.2, 0.25) is 0 Å². The maximum Gasteiger partial charge on any atom is 0.165 e. The standard InChI is InChI=1S/C17H18BrFN2O/c1-4-21(3)11-20-15-9-12(2)17(10-13(15)18)22-16-8-6-5-7-14(16)19/h5-11H,4H2,1-3H3/b20-11-. The molecule has 0 aliphatic rings. The first-order valence-electron chi connectivity index (χ1n) is 6.98. The molecule has 0 heterocycles. The van der Waals surface area contributed by atoms with Gasteiger partial charge in [0.05, 0.1) is 12.0 Å². The monoisotopic (exact) mass is 364 g/mol. The minimum absolute atomic E-state index is 0.208.